The Morgan fingerprint density at radius 3 is 1.92 bits per heavy atom. The first kappa shape index (κ1) is 22.7. The topological polar surface area (TPSA) is 88.1 Å². The smallest absolute Gasteiger partial charge is 0.231 e. The van der Waals surface area contributed by atoms with Crippen molar-refractivity contribution in [2.24, 2.45) is 0 Å². The van der Waals surface area contributed by atoms with Gasteiger partial charge in [-0.2, -0.15) is 26.3 Å². The SMILES string of the molecule is O=S(=O)(NN1CCCCCCC1)C(F)(F)C(F)(F)C(F)(F)SOOO. The first-order valence-corrected chi connectivity index (χ1v) is 9.18. The van der Waals surface area contributed by atoms with Gasteiger partial charge in [-0.15, -0.1) is 9.16 Å². The largest absolute Gasteiger partial charge is 0.429 e. The maximum absolute atomic E-state index is 13.8. The van der Waals surface area contributed by atoms with Crippen LogP contribution in [0.5, 0.6) is 0 Å². The number of nitrogens with one attached hydrogen (secondary N) is 1. The molecule has 15 heteroatoms. The molecule has 150 valence electrons. The van der Waals surface area contributed by atoms with Crippen molar-refractivity contribution in [1.29, 1.82) is 0 Å². The van der Waals surface area contributed by atoms with Crippen molar-refractivity contribution in [1.82, 2.24) is 9.84 Å². The van der Waals surface area contributed by atoms with Gasteiger partial charge in [-0.3, -0.25) is 0 Å². The summed E-state index contributed by atoms with van der Waals surface area (Å²) in [5, 5.41) is -0.812. The summed E-state index contributed by atoms with van der Waals surface area (Å²) in [7, 11) is -6.21. The van der Waals surface area contributed by atoms with Gasteiger partial charge >= 0.3 is 16.4 Å². The molecule has 1 heterocycles. The lowest BCUT2D eigenvalue weighted by atomic mass is 10.1. The number of rotatable bonds is 8. The first-order chi connectivity index (χ1) is 11.4. The van der Waals surface area contributed by atoms with Crippen LogP contribution in [0.4, 0.5) is 26.3 Å². The standard InChI is InChI=1S/C10H16F6N2O5S2/c11-8(12,9(13,14)24-23-22-19)10(15,16)25(20,21)17-18-6-4-2-1-3-5-7-18/h17,19H,1-7H2. The fourth-order valence-electron chi connectivity index (χ4n) is 2.01. The van der Waals surface area contributed by atoms with Crippen LogP contribution in [0, 0.1) is 0 Å². The van der Waals surface area contributed by atoms with E-state index in [2.05, 4.69) is 9.37 Å². The van der Waals surface area contributed by atoms with Gasteiger partial charge in [-0.1, -0.05) is 24.3 Å². The molecule has 0 unspecified atom stereocenters. The molecule has 1 fully saturated rings. The highest BCUT2D eigenvalue weighted by atomic mass is 32.2. The summed E-state index contributed by atoms with van der Waals surface area (Å²) in [5.74, 6) is -6.38. The molecule has 0 aromatic rings. The van der Waals surface area contributed by atoms with Gasteiger partial charge in [0, 0.05) is 13.1 Å². The number of halogens is 6. The lowest BCUT2D eigenvalue weighted by Crippen LogP contribution is -2.61. The van der Waals surface area contributed by atoms with Crippen LogP contribution < -0.4 is 4.83 Å². The highest BCUT2D eigenvalue weighted by Crippen LogP contribution is 2.53. The molecule has 0 bridgehead atoms. The molecule has 0 radical (unpaired) electrons. The Bertz CT molecular complexity index is 528. The second-order valence-corrected chi connectivity index (χ2v) is 7.70. The molecule has 1 saturated heterocycles. The normalized spacial score (nSPS) is 19.5. The molecule has 1 rings (SSSR count). The van der Waals surface area contributed by atoms with E-state index in [4.69, 9.17) is 5.26 Å². The minimum Gasteiger partial charge on any atom is -0.231 e. The van der Waals surface area contributed by atoms with Gasteiger partial charge in [0.2, 0.25) is 0 Å². The molecule has 1 aliphatic heterocycles. The highest BCUT2D eigenvalue weighted by molar-refractivity contribution is 7.95. The monoisotopic (exact) mass is 422 g/mol. The zero-order valence-corrected chi connectivity index (χ0v) is 14.2. The summed E-state index contributed by atoms with van der Waals surface area (Å²) in [6, 6.07) is 0. The van der Waals surface area contributed by atoms with Crippen LogP contribution in [0.3, 0.4) is 0 Å². The van der Waals surface area contributed by atoms with E-state index in [0.717, 1.165) is 11.4 Å². The quantitative estimate of drug-likeness (QED) is 0.269. The van der Waals surface area contributed by atoms with Crippen molar-refractivity contribution >= 4 is 22.1 Å². The lowest BCUT2D eigenvalue weighted by Gasteiger charge is -2.32. The van der Waals surface area contributed by atoms with Gasteiger partial charge in [0.25, 0.3) is 10.0 Å². The summed E-state index contributed by atoms with van der Waals surface area (Å²) in [6.45, 7) is -0.0685. The first-order valence-electron chi connectivity index (χ1n) is 6.95. The third kappa shape index (κ3) is 5.11. The van der Waals surface area contributed by atoms with Crippen LogP contribution in [0.2, 0.25) is 0 Å². The predicted octanol–water partition coefficient (Wildman–Crippen LogP) is 2.98. The van der Waals surface area contributed by atoms with E-state index < -0.39 is 38.5 Å². The molecule has 7 nitrogen and oxygen atoms in total. The fourth-order valence-corrected chi connectivity index (χ4v) is 3.53. The second kappa shape index (κ2) is 8.58. The Kier molecular flexibility index (Phi) is 7.80. The maximum atomic E-state index is 13.8. The zero-order chi connectivity index (χ0) is 19.4. The molecule has 0 atom stereocenters. The minimum atomic E-state index is -6.38. The lowest BCUT2D eigenvalue weighted by molar-refractivity contribution is -0.434. The van der Waals surface area contributed by atoms with Crippen LogP contribution in [-0.2, 0) is 19.4 Å². The van der Waals surface area contributed by atoms with Crippen molar-refractivity contribution in [3.05, 3.63) is 0 Å². The van der Waals surface area contributed by atoms with Crippen molar-refractivity contribution in [2.45, 2.75) is 48.5 Å². The summed E-state index contributed by atoms with van der Waals surface area (Å²) in [4.78, 5) is 1.25. The third-order valence-corrected chi connectivity index (χ3v) is 5.37. The Labute approximate surface area is 143 Å². The van der Waals surface area contributed by atoms with Gasteiger partial charge < -0.3 is 0 Å². The van der Waals surface area contributed by atoms with E-state index in [1.165, 1.54) is 4.83 Å². The summed E-state index contributed by atoms with van der Waals surface area (Å²) < 4.78 is 107. The minimum absolute atomic E-state index is 0.0342. The second-order valence-electron chi connectivity index (χ2n) is 5.18. The summed E-state index contributed by atoms with van der Waals surface area (Å²) in [6.07, 6.45) is 3.04. The van der Waals surface area contributed by atoms with E-state index in [9.17, 15) is 34.8 Å². The maximum Gasteiger partial charge on any atom is 0.429 e. The molecular formula is C10H16F6N2O5S2. The van der Waals surface area contributed by atoms with Gasteiger partial charge in [0.1, 0.15) is 12.0 Å². The molecule has 0 saturated carbocycles. The molecule has 0 aromatic heterocycles. The Morgan fingerprint density at radius 2 is 1.44 bits per heavy atom. The van der Waals surface area contributed by atoms with Crippen LogP contribution >= 0.6 is 12.0 Å². The van der Waals surface area contributed by atoms with Gasteiger partial charge in [-0.25, -0.2) is 18.7 Å². The van der Waals surface area contributed by atoms with Crippen molar-refractivity contribution in [2.75, 3.05) is 13.1 Å². The number of sulfonamides is 1. The van der Waals surface area contributed by atoms with Crippen molar-refractivity contribution < 1.29 is 49.4 Å². The molecule has 2 N–H and O–H groups in total. The fraction of sp³-hybridized carbons (Fsp3) is 1.00. The predicted molar refractivity (Wildman–Crippen MR) is 73.9 cm³/mol. The number of hydrogen-bond donors (Lipinski definition) is 2. The average molecular weight is 422 g/mol. The van der Waals surface area contributed by atoms with Crippen LogP contribution in [-0.4, -0.2) is 48.2 Å². The molecule has 0 aliphatic carbocycles. The molecule has 1 aliphatic rings. The number of hydrogen-bond acceptors (Lipinski definition) is 7. The highest BCUT2D eigenvalue weighted by Gasteiger charge is 2.78. The Hall–Kier alpha value is -0.320. The number of nitrogens with zero attached hydrogens (tertiary/aromatic N) is 1. The van der Waals surface area contributed by atoms with Gasteiger partial charge in [0.15, 0.2) is 0 Å². The van der Waals surface area contributed by atoms with Crippen molar-refractivity contribution in [3.63, 3.8) is 0 Å². The summed E-state index contributed by atoms with van der Waals surface area (Å²) >= 11 is -1.66. The van der Waals surface area contributed by atoms with E-state index in [-0.39, 0.29) is 13.1 Å². The number of alkyl halides is 6. The molecular weight excluding hydrogens is 406 g/mol. The molecule has 0 spiro atoms. The van der Waals surface area contributed by atoms with Gasteiger partial charge in [-0.05, 0) is 12.8 Å². The number of hydrazine groups is 1. The molecule has 25 heavy (non-hydrogen) atoms. The van der Waals surface area contributed by atoms with E-state index >= 15 is 0 Å². The van der Waals surface area contributed by atoms with E-state index in [1.54, 1.807) is 0 Å². The van der Waals surface area contributed by atoms with Crippen LogP contribution in [0.25, 0.3) is 0 Å². The molecule has 0 aromatic carbocycles. The van der Waals surface area contributed by atoms with E-state index in [1.807, 2.05) is 0 Å². The molecule has 0 amide bonds. The third-order valence-electron chi connectivity index (χ3n) is 3.34. The van der Waals surface area contributed by atoms with Crippen LogP contribution in [0.1, 0.15) is 32.1 Å². The average Bonchev–Trinajstić information content (AvgIpc) is 2.47. The Morgan fingerprint density at radius 1 is 0.960 bits per heavy atom. The van der Waals surface area contributed by atoms with Gasteiger partial charge in [0.05, 0.1) is 0 Å². The Balaban J connectivity index is 2.99. The van der Waals surface area contributed by atoms with Crippen molar-refractivity contribution in [3.8, 4) is 0 Å². The summed E-state index contributed by atoms with van der Waals surface area (Å²) in [5.41, 5.74) is 0. The van der Waals surface area contributed by atoms with Crippen LogP contribution in [0.15, 0.2) is 0 Å². The van der Waals surface area contributed by atoms with E-state index in [0.29, 0.717) is 25.7 Å². The zero-order valence-electron chi connectivity index (χ0n) is 12.6.